The average Bonchev–Trinajstić information content (AvgIpc) is 2.94. The number of benzene rings is 2. The van der Waals surface area contributed by atoms with E-state index in [0.717, 1.165) is 62.5 Å². The molecule has 1 N–H and O–H groups in total. The molecule has 0 spiro atoms. The number of carbonyl (C=O) groups excluding carboxylic acids is 1. The van der Waals surface area contributed by atoms with Crippen LogP contribution in [0.15, 0.2) is 42.5 Å². The van der Waals surface area contributed by atoms with Crippen LogP contribution in [0.4, 0.5) is 17.2 Å². The average molecular weight is 556 g/mol. The number of carbonyl (C=O) groups is 1. The first-order chi connectivity index (χ1) is 18.3. The second kappa shape index (κ2) is 11.4. The van der Waals surface area contributed by atoms with Gasteiger partial charge in [-0.2, -0.15) is 5.10 Å². The fraction of sp³-hybridized carbons (Fsp3) is 0.393. The molecule has 0 radical (unpaired) electrons. The number of anilines is 3. The van der Waals surface area contributed by atoms with Crippen LogP contribution in [0.1, 0.15) is 41.0 Å². The Morgan fingerprint density at radius 1 is 1.03 bits per heavy atom. The molecule has 10 heteroatoms. The summed E-state index contributed by atoms with van der Waals surface area (Å²) >= 11 is 12.8. The van der Waals surface area contributed by atoms with Crippen LogP contribution in [0.3, 0.4) is 0 Å². The van der Waals surface area contributed by atoms with E-state index in [9.17, 15) is 4.79 Å². The molecule has 0 saturated carbocycles. The second-order valence-corrected chi connectivity index (χ2v) is 10.7. The summed E-state index contributed by atoms with van der Waals surface area (Å²) < 4.78 is 5.64. The zero-order chi connectivity index (χ0) is 26.8. The lowest BCUT2D eigenvalue weighted by Gasteiger charge is -2.36. The van der Waals surface area contributed by atoms with Gasteiger partial charge in [-0.05, 0) is 68.8 Å². The molecule has 0 bridgehead atoms. The topological polar surface area (TPSA) is 73.8 Å². The minimum Gasteiger partial charge on any atom is -0.495 e. The molecule has 1 aromatic heterocycles. The van der Waals surface area contributed by atoms with Crippen molar-refractivity contribution in [2.75, 3.05) is 57.1 Å². The number of ether oxygens (including phenoxy) is 1. The van der Waals surface area contributed by atoms with Gasteiger partial charge in [-0.15, -0.1) is 5.10 Å². The van der Waals surface area contributed by atoms with E-state index in [4.69, 9.17) is 27.9 Å². The Balaban J connectivity index is 1.38. The van der Waals surface area contributed by atoms with Gasteiger partial charge in [0.05, 0.1) is 30.2 Å². The molecule has 1 atom stereocenters. The molecule has 0 unspecified atom stereocenters. The van der Waals surface area contributed by atoms with Crippen LogP contribution in [0.5, 0.6) is 5.75 Å². The van der Waals surface area contributed by atoms with Gasteiger partial charge >= 0.3 is 0 Å². The van der Waals surface area contributed by atoms with E-state index in [-0.39, 0.29) is 11.9 Å². The van der Waals surface area contributed by atoms with Crippen molar-refractivity contribution >= 4 is 46.3 Å². The molecule has 3 heterocycles. The lowest BCUT2D eigenvalue weighted by Crippen LogP contribution is -2.47. The van der Waals surface area contributed by atoms with E-state index in [1.807, 2.05) is 35.2 Å². The Hall–Kier alpha value is -3.07. The minimum atomic E-state index is 0.00621. The zero-order valence-corrected chi connectivity index (χ0v) is 23.4. The number of hydrogen-bond donors (Lipinski definition) is 1. The van der Waals surface area contributed by atoms with E-state index in [1.165, 1.54) is 0 Å². The van der Waals surface area contributed by atoms with Crippen LogP contribution in [0.2, 0.25) is 10.0 Å². The van der Waals surface area contributed by atoms with Gasteiger partial charge < -0.3 is 24.8 Å². The van der Waals surface area contributed by atoms with Crippen molar-refractivity contribution in [2.24, 2.45) is 0 Å². The molecule has 1 fully saturated rings. The fourth-order valence-corrected chi connectivity index (χ4v) is 5.55. The number of nitrogens with zero attached hydrogens (tertiary/aromatic N) is 5. The predicted octanol–water partition coefficient (Wildman–Crippen LogP) is 5.44. The molecule has 2 aromatic carbocycles. The van der Waals surface area contributed by atoms with Gasteiger partial charge in [-0.25, -0.2) is 0 Å². The normalized spacial score (nSPS) is 16.7. The third kappa shape index (κ3) is 5.53. The van der Waals surface area contributed by atoms with Crippen LogP contribution in [-0.4, -0.2) is 72.8 Å². The molecular formula is C28H32Cl2N6O2. The number of piperazine rings is 1. The van der Waals surface area contributed by atoms with E-state index in [1.54, 1.807) is 19.2 Å². The molecule has 0 aliphatic carbocycles. The first-order valence-electron chi connectivity index (χ1n) is 12.8. The summed E-state index contributed by atoms with van der Waals surface area (Å²) in [5.41, 5.74) is 4.25. The Kier molecular flexibility index (Phi) is 7.93. The smallest absolute Gasteiger partial charge is 0.254 e. The summed E-state index contributed by atoms with van der Waals surface area (Å²) in [6.45, 7) is 6.18. The molecule has 200 valence electrons. The number of halogens is 2. The maximum atomic E-state index is 13.1. The van der Waals surface area contributed by atoms with Crippen molar-refractivity contribution in [1.29, 1.82) is 0 Å². The number of hydrogen-bond acceptors (Lipinski definition) is 7. The molecule has 8 nitrogen and oxygen atoms in total. The van der Waals surface area contributed by atoms with Crippen molar-refractivity contribution in [3.05, 3.63) is 69.3 Å². The highest BCUT2D eigenvalue weighted by Gasteiger charge is 2.26. The number of nitrogens with one attached hydrogen (secondary N) is 1. The van der Waals surface area contributed by atoms with Crippen molar-refractivity contribution in [1.82, 2.24) is 20.0 Å². The van der Waals surface area contributed by atoms with Gasteiger partial charge in [0.2, 0.25) is 0 Å². The van der Waals surface area contributed by atoms with Gasteiger partial charge in [-0.1, -0.05) is 23.2 Å². The predicted molar refractivity (Wildman–Crippen MR) is 152 cm³/mol. The summed E-state index contributed by atoms with van der Waals surface area (Å²) in [5.74, 6) is 1.18. The first kappa shape index (κ1) is 26.5. The van der Waals surface area contributed by atoms with Gasteiger partial charge in [0.15, 0.2) is 5.82 Å². The molecule has 2 aliphatic heterocycles. The van der Waals surface area contributed by atoms with Crippen LogP contribution in [-0.2, 0) is 6.42 Å². The number of fused-ring (bicyclic) bond motifs is 1. The van der Waals surface area contributed by atoms with Crippen molar-refractivity contribution < 1.29 is 9.53 Å². The van der Waals surface area contributed by atoms with Crippen LogP contribution in [0.25, 0.3) is 0 Å². The second-order valence-electron chi connectivity index (χ2n) is 9.84. The largest absolute Gasteiger partial charge is 0.495 e. The maximum absolute atomic E-state index is 13.1. The lowest BCUT2D eigenvalue weighted by molar-refractivity contribution is 0.0664. The van der Waals surface area contributed by atoms with Gasteiger partial charge in [0.25, 0.3) is 5.91 Å². The Bertz CT molecular complexity index is 1330. The summed E-state index contributed by atoms with van der Waals surface area (Å²) in [4.78, 5) is 19.5. The standard InChI is InChI=1S/C28H32Cl2N6O2/c1-18(21-16-20(29)7-8-22(21)30)36-10-4-5-23-25(36)17-27(33-32-23)31-24-9-6-19(15-26(24)38-3)28(37)35-13-11-34(2)12-14-35/h6-9,15-18H,4-5,10-14H2,1-3H3,(H,31,33)/t18-/m1/s1. The number of aromatic nitrogens is 2. The third-order valence-electron chi connectivity index (χ3n) is 7.35. The molecule has 5 rings (SSSR count). The van der Waals surface area contributed by atoms with E-state index >= 15 is 0 Å². The summed E-state index contributed by atoms with van der Waals surface area (Å²) in [5, 5.41) is 13.6. The number of methoxy groups -OCH3 is 1. The van der Waals surface area contributed by atoms with E-state index in [2.05, 4.69) is 39.3 Å². The highest BCUT2D eigenvalue weighted by Crippen LogP contribution is 2.38. The summed E-state index contributed by atoms with van der Waals surface area (Å²) in [6.07, 6.45) is 1.84. The molecule has 38 heavy (non-hydrogen) atoms. The third-order valence-corrected chi connectivity index (χ3v) is 7.93. The Morgan fingerprint density at radius 3 is 2.58 bits per heavy atom. The monoisotopic (exact) mass is 554 g/mol. The number of amides is 1. The summed E-state index contributed by atoms with van der Waals surface area (Å²) in [6, 6.07) is 13.0. The molecule has 3 aromatic rings. The molecule has 2 aliphatic rings. The number of rotatable bonds is 6. The number of aryl methyl sites for hydroxylation is 1. The highest BCUT2D eigenvalue weighted by atomic mass is 35.5. The molecular weight excluding hydrogens is 523 g/mol. The van der Waals surface area contributed by atoms with Crippen LogP contribution < -0.4 is 15.0 Å². The van der Waals surface area contributed by atoms with Crippen molar-refractivity contribution in [3.8, 4) is 5.75 Å². The van der Waals surface area contributed by atoms with Gasteiger partial charge in [0, 0.05) is 54.4 Å². The van der Waals surface area contributed by atoms with E-state index < -0.39 is 0 Å². The van der Waals surface area contributed by atoms with Gasteiger partial charge in [0.1, 0.15) is 5.75 Å². The molecule has 1 saturated heterocycles. The SMILES string of the molecule is COc1cc(C(=O)N2CCN(C)CC2)ccc1Nc1cc2c(nn1)CCCN2[C@H](C)c1cc(Cl)ccc1Cl. The maximum Gasteiger partial charge on any atom is 0.254 e. The first-order valence-corrected chi connectivity index (χ1v) is 13.6. The minimum absolute atomic E-state index is 0.00621. The highest BCUT2D eigenvalue weighted by molar-refractivity contribution is 6.33. The van der Waals surface area contributed by atoms with Crippen molar-refractivity contribution in [3.63, 3.8) is 0 Å². The molecule has 1 amide bonds. The van der Waals surface area contributed by atoms with Crippen molar-refractivity contribution in [2.45, 2.75) is 25.8 Å². The van der Waals surface area contributed by atoms with Crippen LogP contribution >= 0.6 is 23.2 Å². The van der Waals surface area contributed by atoms with E-state index in [0.29, 0.717) is 32.9 Å². The zero-order valence-electron chi connectivity index (χ0n) is 21.9. The fourth-order valence-electron chi connectivity index (χ4n) is 5.09. The number of likely N-dealkylation sites (N-methyl/N-ethyl adjacent to an activating group) is 1. The quantitative estimate of drug-likeness (QED) is 0.435. The van der Waals surface area contributed by atoms with Gasteiger partial charge in [-0.3, -0.25) is 4.79 Å². The Morgan fingerprint density at radius 2 is 1.82 bits per heavy atom. The Labute approximate surface area is 233 Å². The lowest BCUT2D eigenvalue weighted by atomic mass is 10.0. The summed E-state index contributed by atoms with van der Waals surface area (Å²) in [7, 11) is 3.67. The van der Waals surface area contributed by atoms with Crippen LogP contribution in [0, 0.1) is 0 Å².